The van der Waals surface area contributed by atoms with Gasteiger partial charge in [0.2, 0.25) is 11.0 Å². The first-order chi connectivity index (χ1) is 13.9. The van der Waals surface area contributed by atoms with Crippen LogP contribution in [0.25, 0.3) is 0 Å². The Kier molecular flexibility index (Phi) is 6.52. The summed E-state index contributed by atoms with van der Waals surface area (Å²) in [6, 6.07) is 13.1. The molecule has 2 N–H and O–H groups in total. The number of carbonyl (C=O) groups excluding carboxylic acids is 2. The molecule has 11 heteroatoms. The van der Waals surface area contributed by atoms with Gasteiger partial charge in [0, 0.05) is 11.8 Å². The number of nitrogens with one attached hydrogen (secondary N) is 2. The maximum Gasteiger partial charge on any atom is 0.282 e. The fourth-order valence-electron chi connectivity index (χ4n) is 2.27. The molecule has 0 saturated carbocycles. The van der Waals surface area contributed by atoms with Gasteiger partial charge >= 0.3 is 0 Å². The summed E-state index contributed by atoms with van der Waals surface area (Å²) in [5.41, 5.74) is 1.44. The fourth-order valence-corrected chi connectivity index (χ4v) is 3.82. The normalized spacial score (nSPS) is 10.4. The monoisotopic (exact) mass is 429 g/mol. The molecule has 148 valence electrons. The van der Waals surface area contributed by atoms with Crippen LogP contribution >= 0.6 is 23.1 Å². The van der Waals surface area contributed by atoms with E-state index in [0.717, 1.165) is 16.9 Å². The van der Waals surface area contributed by atoms with Crippen molar-refractivity contribution in [3.05, 3.63) is 69.8 Å². The van der Waals surface area contributed by atoms with Crippen LogP contribution in [0.4, 0.5) is 16.5 Å². The highest BCUT2D eigenvalue weighted by atomic mass is 32.2. The molecule has 2 amide bonds. The number of anilines is 2. The summed E-state index contributed by atoms with van der Waals surface area (Å²) in [7, 11) is 0. The first kappa shape index (κ1) is 20.4. The van der Waals surface area contributed by atoms with E-state index in [0.29, 0.717) is 10.0 Å². The van der Waals surface area contributed by atoms with Crippen molar-refractivity contribution in [2.24, 2.45) is 0 Å². The fraction of sp³-hybridized carbons (Fsp3) is 0.111. The standard InChI is InChI=1S/C18H15N5O4S2/c1-11-6-8-12(9-7-11)19-15(24)10-28-18-22-21-17(29-18)20-16(25)13-4-2-3-5-14(13)23(26)27/h2-9H,10H2,1H3,(H,19,24)(H,20,21,25). The average molecular weight is 429 g/mol. The van der Waals surface area contributed by atoms with E-state index in [1.807, 2.05) is 31.2 Å². The molecule has 1 aromatic heterocycles. The summed E-state index contributed by atoms with van der Waals surface area (Å²) < 4.78 is 0.488. The summed E-state index contributed by atoms with van der Waals surface area (Å²) >= 11 is 2.26. The van der Waals surface area contributed by atoms with Crippen molar-refractivity contribution in [2.45, 2.75) is 11.3 Å². The van der Waals surface area contributed by atoms with E-state index in [1.54, 1.807) is 0 Å². The molecule has 0 bridgehead atoms. The van der Waals surface area contributed by atoms with E-state index < -0.39 is 10.8 Å². The number of amides is 2. The lowest BCUT2D eigenvalue weighted by atomic mass is 10.1. The van der Waals surface area contributed by atoms with Crippen molar-refractivity contribution in [3.8, 4) is 0 Å². The molecule has 0 aliphatic heterocycles. The topological polar surface area (TPSA) is 127 Å². The number of aromatic nitrogens is 2. The van der Waals surface area contributed by atoms with Gasteiger partial charge in [-0.25, -0.2) is 0 Å². The molecule has 0 aliphatic carbocycles. The number of para-hydroxylation sites is 1. The van der Waals surface area contributed by atoms with Gasteiger partial charge in [0.1, 0.15) is 5.56 Å². The van der Waals surface area contributed by atoms with E-state index in [2.05, 4.69) is 20.8 Å². The van der Waals surface area contributed by atoms with Crippen molar-refractivity contribution >= 4 is 51.4 Å². The minimum Gasteiger partial charge on any atom is -0.325 e. The molecule has 0 fully saturated rings. The Hall–Kier alpha value is -3.31. The number of aryl methyl sites for hydroxylation is 1. The molecule has 3 rings (SSSR count). The maximum atomic E-state index is 12.3. The number of nitro benzene ring substituents is 1. The van der Waals surface area contributed by atoms with Gasteiger partial charge in [-0.3, -0.25) is 25.0 Å². The molecular formula is C18H15N5O4S2. The number of nitrogens with zero attached hydrogens (tertiary/aromatic N) is 3. The highest BCUT2D eigenvalue weighted by Gasteiger charge is 2.20. The van der Waals surface area contributed by atoms with Crippen LogP contribution in [0.5, 0.6) is 0 Å². The van der Waals surface area contributed by atoms with E-state index >= 15 is 0 Å². The summed E-state index contributed by atoms with van der Waals surface area (Å²) in [6.07, 6.45) is 0. The van der Waals surface area contributed by atoms with E-state index in [4.69, 9.17) is 0 Å². The Morgan fingerprint density at radius 2 is 1.83 bits per heavy atom. The minimum absolute atomic E-state index is 0.0700. The third-order valence-electron chi connectivity index (χ3n) is 3.63. The number of benzene rings is 2. The molecule has 2 aromatic carbocycles. The van der Waals surface area contributed by atoms with Gasteiger partial charge in [0.25, 0.3) is 11.6 Å². The van der Waals surface area contributed by atoms with Gasteiger partial charge in [-0.15, -0.1) is 10.2 Å². The number of hydrogen-bond donors (Lipinski definition) is 2. The number of rotatable bonds is 7. The Morgan fingerprint density at radius 1 is 1.10 bits per heavy atom. The molecule has 9 nitrogen and oxygen atoms in total. The second kappa shape index (κ2) is 9.26. The van der Waals surface area contributed by atoms with Crippen LogP contribution in [0.2, 0.25) is 0 Å². The van der Waals surface area contributed by atoms with Gasteiger partial charge in [-0.2, -0.15) is 0 Å². The van der Waals surface area contributed by atoms with Crippen LogP contribution in [0.15, 0.2) is 52.9 Å². The highest BCUT2D eigenvalue weighted by molar-refractivity contribution is 8.01. The van der Waals surface area contributed by atoms with Crippen molar-refractivity contribution in [1.29, 1.82) is 0 Å². The summed E-state index contributed by atoms with van der Waals surface area (Å²) in [4.78, 5) is 34.7. The number of carbonyl (C=O) groups is 2. The summed E-state index contributed by atoms with van der Waals surface area (Å²) in [5.74, 6) is -0.720. The largest absolute Gasteiger partial charge is 0.325 e. The Labute approximate surface area is 173 Å². The quantitative estimate of drug-likeness (QED) is 0.253. The lowest BCUT2D eigenvalue weighted by Crippen LogP contribution is -2.13. The van der Waals surface area contributed by atoms with Gasteiger partial charge in [0.15, 0.2) is 4.34 Å². The van der Waals surface area contributed by atoms with Gasteiger partial charge in [-0.1, -0.05) is 52.9 Å². The molecule has 3 aromatic rings. The predicted molar refractivity (Wildman–Crippen MR) is 111 cm³/mol. The molecule has 0 aliphatic rings. The Bertz CT molecular complexity index is 1050. The molecule has 1 heterocycles. The molecule has 0 atom stereocenters. The first-order valence-electron chi connectivity index (χ1n) is 8.30. The van der Waals surface area contributed by atoms with Crippen LogP contribution in [0, 0.1) is 17.0 Å². The third kappa shape index (κ3) is 5.59. The van der Waals surface area contributed by atoms with Crippen molar-refractivity contribution in [2.75, 3.05) is 16.4 Å². The maximum absolute atomic E-state index is 12.3. The molecule has 29 heavy (non-hydrogen) atoms. The van der Waals surface area contributed by atoms with Gasteiger partial charge < -0.3 is 5.32 Å². The van der Waals surface area contributed by atoms with Crippen molar-refractivity contribution in [3.63, 3.8) is 0 Å². The molecule has 0 radical (unpaired) electrons. The number of thioether (sulfide) groups is 1. The lowest BCUT2D eigenvalue weighted by Gasteiger charge is -2.04. The van der Waals surface area contributed by atoms with E-state index in [1.165, 1.54) is 36.0 Å². The molecular weight excluding hydrogens is 414 g/mol. The second-order valence-electron chi connectivity index (χ2n) is 5.80. The van der Waals surface area contributed by atoms with Crippen LogP contribution in [0.1, 0.15) is 15.9 Å². The lowest BCUT2D eigenvalue weighted by molar-refractivity contribution is -0.385. The molecule has 0 spiro atoms. The van der Waals surface area contributed by atoms with Crippen LogP contribution in [-0.2, 0) is 4.79 Å². The zero-order chi connectivity index (χ0) is 20.8. The minimum atomic E-state index is -0.651. The number of nitro groups is 1. The highest BCUT2D eigenvalue weighted by Crippen LogP contribution is 2.27. The SMILES string of the molecule is Cc1ccc(NC(=O)CSc2nnc(NC(=O)c3ccccc3[N+](=O)[O-])s2)cc1. The van der Waals surface area contributed by atoms with Crippen LogP contribution in [-0.4, -0.2) is 32.7 Å². The zero-order valence-electron chi connectivity index (χ0n) is 15.1. The zero-order valence-corrected chi connectivity index (χ0v) is 16.8. The Balaban J connectivity index is 1.55. The van der Waals surface area contributed by atoms with Crippen LogP contribution in [0.3, 0.4) is 0 Å². The number of hydrogen-bond acceptors (Lipinski definition) is 8. The summed E-state index contributed by atoms with van der Waals surface area (Å²) in [6.45, 7) is 1.96. The van der Waals surface area contributed by atoms with Crippen LogP contribution < -0.4 is 10.6 Å². The average Bonchev–Trinajstić information content (AvgIpc) is 3.15. The Morgan fingerprint density at radius 3 is 2.55 bits per heavy atom. The van der Waals surface area contributed by atoms with Gasteiger partial charge in [0.05, 0.1) is 10.7 Å². The third-order valence-corrected chi connectivity index (χ3v) is 5.61. The molecule has 0 unspecified atom stereocenters. The molecule has 0 saturated heterocycles. The van der Waals surface area contributed by atoms with E-state index in [-0.39, 0.29) is 28.0 Å². The van der Waals surface area contributed by atoms with Crippen molar-refractivity contribution < 1.29 is 14.5 Å². The summed E-state index contributed by atoms with van der Waals surface area (Å²) in [5, 5.41) is 24.3. The van der Waals surface area contributed by atoms with Gasteiger partial charge in [-0.05, 0) is 25.1 Å². The second-order valence-corrected chi connectivity index (χ2v) is 8.00. The first-order valence-corrected chi connectivity index (χ1v) is 10.1. The smallest absolute Gasteiger partial charge is 0.282 e. The van der Waals surface area contributed by atoms with E-state index in [9.17, 15) is 19.7 Å². The van der Waals surface area contributed by atoms with Crippen molar-refractivity contribution in [1.82, 2.24) is 10.2 Å². The predicted octanol–water partition coefficient (Wildman–Crippen LogP) is 3.74.